The van der Waals surface area contributed by atoms with E-state index in [9.17, 15) is 18.4 Å². The summed E-state index contributed by atoms with van der Waals surface area (Å²) in [5.41, 5.74) is 0.704. The van der Waals surface area contributed by atoms with E-state index < -0.39 is 17.6 Å². The molecule has 1 aromatic carbocycles. The highest BCUT2D eigenvalue weighted by Gasteiger charge is 2.09. The summed E-state index contributed by atoms with van der Waals surface area (Å²) >= 11 is 1.43. The van der Waals surface area contributed by atoms with Crippen LogP contribution in [0.3, 0.4) is 0 Å². The first kappa shape index (κ1) is 17.1. The average Bonchev–Trinajstić information content (AvgIpc) is 3.05. The van der Waals surface area contributed by atoms with Crippen molar-refractivity contribution in [3.8, 4) is 0 Å². The van der Waals surface area contributed by atoms with Crippen LogP contribution >= 0.6 is 11.3 Å². The first-order chi connectivity index (χ1) is 11.1. The first-order valence-corrected chi connectivity index (χ1v) is 7.90. The van der Waals surface area contributed by atoms with Crippen LogP contribution in [0.2, 0.25) is 0 Å². The zero-order valence-corrected chi connectivity index (χ0v) is 13.0. The summed E-state index contributed by atoms with van der Waals surface area (Å²) in [5.74, 6) is -2.12. The van der Waals surface area contributed by atoms with E-state index in [1.165, 1.54) is 17.4 Å². The Labute approximate surface area is 136 Å². The normalized spacial score (nSPS) is 10.3. The van der Waals surface area contributed by atoms with Crippen LogP contribution in [0.4, 0.5) is 8.78 Å². The van der Waals surface area contributed by atoms with E-state index in [4.69, 9.17) is 4.74 Å². The van der Waals surface area contributed by atoms with Gasteiger partial charge in [0.05, 0.1) is 0 Å². The number of ether oxygens (including phenoxy) is 1. The number of benzene rings is 1. The van der Waals surface area contributed by atoms with E-state index in [-0.39, 0.29) is 24.5 Å². The molecule has 0 spiro atoms. The highest BCUT2D eigenvalue weighted by Crippen LogP contribution is 2.11. The Bertz CT molecular complexity index is 674. The summed E-state index contributed by atoms with van der Waals surface area (Å²) in [4.78, 5) is 23.2. The van der Waals surface area contributed by atoms with Crippen LogP contribution in [0, 0.1) is 11.6 Å². The van der Waals surface area contributed by atoms with E-state index in [0.29, 0.717) is 18.5 Å². The quantitative estimate of drug-likeness (QED) is 0.622. The van der Waals surface area contributed by atoms with E-state index >= 15 is 0 Å². The molecule has 0 unspecified atom stereocenters. The number of hydrogen-bond donors (Lipinski definition) is 1. The minimum atomic E-state index is -0.749. The molecular weight excluding hydrogens is 324 g/mol. The number of esters is 1. The number of nitrogens with one attached hydrogen (secondary N) is 1. The molecule has 0 radical (unpaired) electrons. The SMILES string of the molecule is O=C(CCCNC(=O)c1ccsc1)OCc1ccc(F)cc1F. The zero-order chi connectivity index (χ0) is 16.7. The summed E-state index contributed by atoms with van der Waals surface area (Å²) in [6.07, 6.45) is 0.521. The topological polar surface area (TPSA) is 55.4 Å². The van der Waals surface area contributed by atoms with Crippen molar-refractivity contribution in [1.29, 1.82) is 0 Å². The van der Waals surface area contributed by atoms with Crippen molar-refractivity contribution < 1.29 is 23.1 Å². The monoisotopic (exact) mass is 339 g/mol. The van der Waals surface area contributed by atoms with Crippen molar-refractivity contribution in [1.82, 2.24) is 5.32 Å². The van der Waals surface area contributed by atoms with Gasteiger partial charge in [-0.2, -0.15) is 11.3 Å². The van der Waals surface area contributed by atoms with Gasteiger partial charge in [-0.15, -0.1) is 0 Å². The molecule has 2 rings (SSSR count). The molecule has 0 saturated heterocycles. The van der Waals surface area contributed by atoms with Gasteiger partial charge in [0.2, 0.25) is 0 Å². The molecule has 7 heteroatoms. The van der Waals surface area contributed by atoms with Crippen LogP contribution in [-0.2, 0) is 16.1 Å². The highest BCUT2D eigenvalue weighted by atomic mass is 32.1. The second-order valence-corrected chi connectivity index (χ2v) is 5.55. The molecular formula is C16H15F2NO3S. The van der Waals surface area contributed by atoms with Crippen LogP contribution in [-0.4, -0.2) is 18.4 Å². The molecule has 4 nitrogen and oxygen atoms in total. The predicted octanol–water partition coefficient (Wildman–Crippen LogP) is 3.28. The molecule has 0 saturated carbocycles. The van der Waals surface area contributed by atoms with Crippen molar-refractivity contribution in [3.63, 3.8) is 0 Å². The average molecular weight is 339 g/mol. The predicted molar refractivity (Wildman–Crippen MR) is 82.0 cm³/mol. The second kappa shape index (κ2) is 8.38. The maximum Gasteiger partial charge on any atom is 0.306 e. The van der Waals surface area contributed by atoms with Gasteiger partial charge >= 0.3 is 5.97 Å². The lowest BCUT2D eigenvalue weighted by Gasteiger charge is -2.07. The van der Waals surface area contributed by atoms with Crippen LogP contribution in [0.15, 0.2) is 35.0 Å². The number of carbonyl (C=O) groups excluding carboxylic acids is 2. The molecule has 23 heavy (non-hydrogen) atoms. The molecule has 1 aromatic heterocycles. The molecule has 1 heterocycles. The molecule has 0 aliphatic carbocycles. The van der Waals surface area contributed by atoms with Crippen LogP contribution in [0.1, 0.15) is 28.8 Å². The van der Waals surface area contributed by atoms with Crippen molar-refractivity contribution in [2.24, 2.45) is 0 Å². The van der Waals surface area contributed by atoms with Crippen molar-refractivity contribution in [3.05, 3.63) is 57.8 Å². The lowest BCUT2D eigenvalue weighted by Crippen LogP contribution is -2.24. The van der Waals surface area contributed by atoms with Gasteiger partial charge in [0.25, 0.3) is 5.91 Å². The van der Waals surface area contributed by atoms with Gasteiger partial charge in [-0.3, -0.25) is 9.59 Å². The van der Waals surface area contributed by atoms with E-state index in [1.54, 1.807) is 16.8 Å². The summed E-state index contributed by atoms with van der Waals surface area (Å²) in [5, 5.41) is 6.23. The number of amides is 1. The van der Waals surface area contributed by atoms with Gasteiger partial charge in [-0.05, 0) is 30.0 Å². The highest BCUT2D eigenvalue weighted by molar-refractivity contribution is 7.08. The number of halogens is 2. The maximum absolute atomic E-state index is 13.4. The first-order valence-electron chi connectivity index (χ1n) is 6.96. The molecule has 122 valence electrons. The Morgan fingerprint density at radius 3 is 2.74 bits per heavy atom. The molecule has 0 atom stereocenters. The molecule has 0 aliphatic heterocycles. The Morgan fingerprint density at radius 2 is 2.04 bits per heavy atom. The lowest BCUT2D eigenvalue weighted by atomic mass is 10.2. The Kier molecular flexibility index (Phi) is 6.22. The zero-order valence-electron chi connectivity index (χ0n) is 12.2. The minimum Gasteiger partial charge on any atom is -0.461 e. The van der Waals surface area contributed by atoms with E-state index in [0.717, 1.165) is 12.1 Å². The Morgan fingerprint density at radius 1 is 1.22 bits per heavy atom. The molecule has 1 N–H and O–H groups in total. The fourth-order valence-corrected chi connectivity index (χ4v) is 2.44. The summed E-state index contributed by atoms with van der Waals surface area (Å²) in [6.45, 7) is 0.0981. The molecule has 0 fully saturated rings. The molecule has 0 aliphatic rings. The van der Waals surface area contributed by atoms with E-state index in [1.807, 2.05) is 0 Å². The lowest BCUT2D eigenvalue weighted by molar-refractivity contribution is -0.145. The summed E-state index contributed by atoms with van der Waals surface area (Å²) in [6, 6.07) is 4.79. The van der Waals surface area contributed by atoms with Gasteiger partial charge < -0.3 is 10.1 Å². The third-order valence-corrected chi connectivity index (χ3v) is 3.71. The van der Waals surface area contributed by atoms with Gasteiger partial charge in [-0.25, -0.2) is 8.78 Å². The van der Waals surface area contributed by atoms with Gasteiger partial charge in [0.1, 0.15) is 18.2 Å². The van der Waals surface area contributed by atoms with Gasteiger partial charge in [-0.1, -0.05) is 0 Å². The number of hydrogen-bond acceptors (Lipinski definition) is 4. The number of thiophene rings is 1. The van der Waals surface area contributed by atoms with Crippen LogP contribution < -0.4 is 5.32 Å². The smallest absolute Gasteiger partial charge is 0.306 e. The van der Waals surface area contributed by atoms with Gasteiger partial charge in [0.15, 0.2) is 0 Å². The fraction of sp³-hybridized carbons (Fsp3) is 0.250. The minimum absolute atomic E-state index is 0.104. The summed E-state index contributed by atoms with van der Waals surface area (Å²) in [7, 11) is 0. The Balaban J connectivity index is 1.64. The maximum atomic E-state index is 13.4. The van der Waals surface area contributed by atoms with Gasteiger partial charge in [0, 0.05) is 35.5 Å². The van der Waals surface area contributed by atoms with Crippen LogP contribution in [0.5, 0.6) is 0 Å². The van der Waals surface area contributed by atoms with E-state index in [2.05, 4.69) is 5.32 Å². The standard InChI is InChI=1S/C16H15F2NO3S/c17-13-4-3-11(14(18)8-13)9-22-15(20)2-1-6-19-16(21)12-5-7-23-10-12/h3-5,7-8,10H,1-2,6,9H2,(H,19,21). The fourth-order valence-electron chi connectivity index (χ4n) is 1.80. The molecule has 0 bridgehead atoms. The number of carbonyl (C=O) groups is 2. The van der Waals surface area contributed by atoms with Crippen molar-refractivity contribution >= 4 is 23.2 Å². The molecule has 2 aromatic rings. The number of rotatable bonds is 7. The molecule has 1 amide bonds. The third-order valence-electron chi connectivity index (χ3n) is 3.03. The van der Waals surface area contributed by atoms with Crippen molar-refractivity contribution in [2.45, 2.75) is 19.4 Å². The largest absolute Gasteiger partial charge is 0.461 e. The second-order valence-electron chi connectivity index (χ2n) is 4.77. The third kappa shape index (κ3) is 5.45. The Hall–Kier alpha value is -2.28. The van der Waals surface area contributed by atoms with Crippen molar-refractivity contribution in [2.75, 3.05) is 6.54 Å². The van der Waals surface area contributed by atoms with Crippen LogP contribution in [0.25, 0.3) is 0 Å². The summed E-state index contributed by atoms with van der Waals surface area (Å²) < 4.78 is 31.0.